The minimum atomic E-state index is 0.342. The number of amides is 1. The van der Waals surface area contributed by atoms with E-state index in [9.17, 15) is 4.79 Å². The Balaban J connectivity index is 1.40. The first-order chi connectivity index (χ1) is 10.3. The summed E-state index contributed by atoms with van der Waals surface area (Å²) in [5.74, 6) is 1.58. The number of hydrogen-bond acceptors (Lipinski definition) is 3. The molecule has 120 valence electrons. The van der Waals surface area contributed by atoms with Crippen molar-refractivity contribution >= 4 is 5.91 Å². The molecule has 0 N–H and O–H groups in total. The molecule has 0 unspecified atom stereocenters. The maximum atomic E-state index is 12.5. The van der Waals surface area contributed by atoms with Crippen LogP contribution in [-0.4, -0.2) is 61.6 Å². The number of nitrogens with zero attached hydrogens (tertiary/aromatic N) is 2. The van der Waals surface area contributed by atoms with Gasteiger partial charge in [-0.15, -0.1) is 0 Å². The summed E-state index contributed by atoms with van der Waals surface area (Å²) in [4.78, 5) is 17.2. The van der Waals surface area contributed by atoms with E-state index in [2.05, 4.69) is 9.80 Å². The molecule has 2 saturated heterocycles. The van der Waals surface area contributed by atoms with E-state index in [1.165, 1.54) is 38.6 Å². The molecule has 4 heteroatoms. The van der Waals surface area contributed by atoms with Gasteiger partial charge in [0.05, 0.1) is 13.2 Å². The van der Waals surface area contributed by atoms with Crippen LogP contribution in [0.5, 0.6) is 0 Å². The maximum absolute atomic E-state index is 12.5. The van der Waals surface area contributed by atoms with Crippen molar-refractivity contribution < 1.29 is 9.53 Å². The summed E-state index contributed by atoms with van der Waals surface area (Å²) >= 11 is 0. The average molecular weight is 294 g/mol. The molecule has 3 aliphatic rings. The van der Waals surface area contributed by atoms with Crippen LogP contribution in [0.3, 0.4) is 0 Å². The standard InChI is InChI=1S/C17H30N2O2/c20-17(16-4-2-1-3-5-16)19-8-6-15(7-9-19)14-18-10-12-21-13-11-18/h15-16H,1-14H2. The summed E-state index contributed by atoms with van der Waals surface area (Å²) in [5, 5.41) is 0. The van der Waals surface area contributed by atoms with E-state index in [1.54, 1.807) is 0 Å². The van der Waals surface area contributed by atoms with E-state index in [1.807, 2.05) is 0 Å². The van der Waals surface area contributed by atoms with E-state index in [0.29, 0.717) is 11.8 Å². The number of carbonyl (C=O) groups excluding carboxylic acids is 1. The monoisotopic (exact) mass is 294 g/mol. The molecule has 2 heterocycles. The van der Waals surface area contributed by atoms with Crippen LogP contribution < -0.4 is 0 Å². The molecule has 0 aromatic carbocycles. The molecule has 0 spiro atoms. The third kappa shape index (κ3) is 4.19. The highest BCUT2D eigenvalue weighted by atomic mass is 16.5. The normalized spacial score (nSPS) is 27.0. The molecule has 3 fully saturated rings. The van der Waals surface area contributed by atoms with Crippen LogP contribution in [0.4, 0.5) is 0 Å². The Kier molecular flexibility index (Phi) is 5.53. The summed E-state index contributed by atoms with van der Waals surface area (Å²) in [6.07, 6.45) is 8.48. The van der Waals surface area contributed by atoms with Gasteiger partial charge in [-0.1, -0.05) is 19.3 Å². The second kappa shape index (κ2) is 7.59. The number of carbonyl (C=O) groups is 1. The number of hydrogen-bond donors (Lipinski definition) is 0. The highest BCUT2D eigenvalue weighted by Gasteiger charge is 2.29. The summed E-state index contributed by atoms with van der Waals surface area (Å²) in [6, 6.07) is 0. The lowest BCUT2D eigenvalue weighted by Gasteiger charge is -2.37. The number of piperidine rings is 1. The van der Waals surface area contributed by atoms with Gasteiger partial charge in [-0.05, 0) is 31.6 Å². The third-order valence-electron chi connectivity index (χ3n) is 5.50. The van der Waals surface area contributed by atoms with Crippen molar-refractivity contribution in [2.75, 3.05) is 45.9 Å². The van der Waals surface area contributed by atoms with Crippen molar-refractivity contribution in [3.8, 4) is 0 Å². The minimum absolute atomic E-state index is 0.342. The van der Waals surface area contributed by atoms with E-state index in [0.717, 1.165) is 58.2 Å². The van der Waals surface area contributed by atoms with Crippen LogP contribution in [0, 0.1) is 11.8 Å². The van der Waals surface area contributed by atoms with Crippen LogP contribution in [-0.2, 0) is 9.53 Å². The number of likely N-dealkylation sites (tertiary alicyclic amines) is 1. The van der Waals surface area contributed by atoms with E-state index in [4.69, 9.17) is 4.74 Å². The van der Waals surface area contributed by atoms with Gasteiger partial charge < -0.3 is 9.64 Å². The lowest BCUT2D eigenvalue weighted by molar-refractivity contribution is -0.138. The largest absolute Gasteiger partial charge is 0.379 e. The van der Waals surface area contributed by atoms with Crippen LogP contribution >= 0.6 is 0 Å². The van der Waals surface area contributed by atoms with E-state index in [-0.39, 0.29) is 0 Å². The number of morpholine rings is 1. The zero-order valence-electron chi connectivity index (χ0n) is 13.3. The average Bonchev–Trinajstić information content (AvgIpc) is 2.57. The fourth-order valence-electron chi connectivity index (χ4n) is 4.09. The first kappa shape index (κ1) is 15.3. The molecule has 1 saturated carbocycles. The van der Waals surface area contributed by atoms with Gasteiger partial charge >= 0.3 is 0 Å². The van der Waals surface area contributed by atoms with Crippen molar-refractivity contribution in [1.82, 2.24) is 9.80 Å². The quantitative estimate of drug-likeness (QED) is 0.799. The third-order valence-corrected chi connectivity index (χ3v) is 5.50. The Morgan fingerprint density at radius 1 is 0.905 bits per heavy atom. The topological polar surface area (TPSA) is 32.8 Å². The second-order valence-electron chi connectivity index (χ2n) is 7.02. The van der Waals surface area contributed by atoms with Crippen LogP contribution in [0.2, 0.25) is 0 Å². The van der Waals surface area contributed by atoms with Crippen LogP contribution in [0.1, 0.15) is 44.9 Å². The lowest BCUT2D eigenvalue weighted by Crippen LogP contribution is -2.45. The molecule has 3 rings (SSSR count). The van der Waals surface area contributed by atoms with Gasteiger partial charge in [-0.25, -0.2) is 0 Å². The lowest BCUT2D eigenvalue weighted by atomic mass is 9.87. The highest BCUT2D eigenvalue weighted by Crippen LogP contribution is 2.27. The zero-order chi connectivity index (χ0) is 14.5. The Hall–Kier alpha value is -0.610. The SMILES string of the molecule is O=C(C1CCCCC1)N1CCC(CN2CCOCC2)CC1. The minimum Gasteiger partial charge on any atom is -0.379 e. The number of rotatable bonds is 3. The van der Waals surface area contributed by atoms with Crippen LogP contribution in [0.15, 0.2) is 0 Å². The molecule has 0 aromatic heterocycles. The van der Waals surface area contributed by atoms with Crippen molar-refractivity contribution in [1.29, 1.82) is 0 Å². The fraction of sp³-hybridized carbons (Fsp3) is 0.941. The van der Waals surface area contributed by atoms with E-state index >= 15 is 0 Å². The summed E-state index contributed by atoms with van der Waals surface area (Å²) in [5.41, 5.74) is 0. The van der Waals surface area contributed by atoms with E-state index < -0.39 is 0 Å². The molecular formula is C17H30N2O2. The summed E-state index contributed by atoms with van der Waals surface area (Å²) in [7, 11) is 0. The zero-order valence-corrected chi connectivity index (χ0v) is 13.3. The molecule has 21 heavy (non-hydrogen) atoms. The summed E-state index contributed by atoms with van der Waals surface area (Å²) < 4.78 is 5.41. The van der Waals surface area contributed by atoms with Gasteiger partial charge in [-0.2, -0.15) is 0 Å². The van der Waals surface area contributed by atoms with Gasteiger partial charge in [0.1, 0.15) is 0 Å². The smallest absolute Gasteiger partial charge is 0.225 e. The van der Waals surface area contributed by atoms with Gasteiger partial charge in [-0.3, -0.25) is 9.69 Å². The first-order valence-electron chi connectivity index (χ1n) is 8.92. The Labute approximate surface area is 128 Å². The molecule has 4 nitrogen and oxygen atoms in total. The van der Waals surface area contributed by atoms with Gasteiger partial charge in [0.2, 0.25) is 5.91 Å². The predicted molar refractivity (Wildman–Crippen MR) is 83.1 cm³/mol. The molecule has 0 atom stereocenters. The molecule has 2 aliphatic heterocycles. The highest BCUT2D eigenvalue weighted by molar-refractivity contribution is 5.79. The van der Waals surface area contributed by atoms with Crippen LogP contribution in [0.25, 0.3) is 0 Å². The Morgan fingerprint density at radius 2 is 1.57 bits per heavy atom. The van der Waals surface area contributed by atoms with Crippen molar-refractivity contribution in [3.63, 3.8) is 0 Å². The number of ether oxygens (including phenoxy) is 1. The van der Waals surface area contributed by atoms with Gasteiger partial charge in [0.25, 0.3) is 0 Å². The van der Waals surface area contributed by atoms with Gasteiger partial charge in [0, 0.05) is 38.6 Å². The maximum Gasteiger partial charge on any atom is 0.225 e. The molecule has 0 bridgehead atoms. The van der Waals surface area contributed by atoms with Crippen molar-refractivity contribution in [2.24, 2.45) is 11.8 Å². The summed E-state index contributed by atoms with van der Waals surface area (Å²) in [6.45, 7) is 7.13. The van der Waals surface area contributed by atoms with Crippen molar-refractivity contribution in [3.05, 3.63) is 0 Å². The predicted octanol–water partition coefficient (Wildman–Crippen LogP) is 2.14. The fourth-order valence-corrected chi connectivity index (χ4v) is 4.09. The first-order valence-corrected chi connectivity index (χ1v) is 8.92. The molecule has 0 radical (unpaired) electrons. The molecule has 1 amide bonds. The molecular weight excluding hydrogens is 264 g/mol. The Morgan fingerprint density at radius 3 is 2.24 bits per heavy atom. The second-order valence-corrected chi connectivity index (χ2v) is 7.02. The van der Waals surface area contributed by atoms with Gasteiger partial charge in [0.15, 0.2) is 0 Å². The Bertz CT molecular complexity index is 328. The molecule has 1 aliphatic carbocycles. The molecule has 0 aromatic rings. The van der Waals surface area contributed by atoms with Crippen molar-refractivity contribution in [2.45, 2.75) is 44.9 Å².